The SMILES string of the molecule is CC(C)(C)OC(=O)N1C2CC(C2)C1C(=O)CCc1cc(-c2cnc(C(F)(F)F)nc2)ncc1Br.O=C(CCc1cc(-c2cnc(C(F)(F)F)nc2)ncc1Br)C1C2CC(C2)N1S(=O)(=O)c1ccc(F)cc1. The van der Waals surface area contributed by atoms with Crippen molar-refractivity contribution < 1.29 is 58.3 Å². The molecule has 71 heavy (non-hydrogen) atoms. The van der Waals surface area contributed by atoms with E-state index in [9.17, 15) is 53.5 Å². The van der Waals surface area contributed by atoms with Gasteiger partial charge in [-0.3, -0.25) is 24.5 Å². The maximum absolute atomic E-state index is 13.3. The van der Waals surface area contributed by atoms with E-state index in [1.165, 1.54) is 28.8 Å². The molecule has 4 aromatic heterocycles. The molecule has 24 heteroatoms. The second-order valence-electron chi connectivity index (χ2n) is 18.7. The third-order valence-corrected chi connectivity index (χ3v) is 16.1. The molecule has 4 aliphatic heterocycles. The quantitative estimate of drug-likeness (QED) is 0.108. The minimum Gasteiger partial charge on any atom is -0.444 e. The Hall–Kier alpha value is -5.33. The zero-order valence-corrected chi connectivity index (χ0v) is 41.9. The van der Waals surface area contributed by atoms with Gasteiger partial charge in [-0.15, -0.1) is 0 Å². The molecule has 0 radical (unpaired) electrons. The van der Waals surface area contributed by atoms with Crippen LogP contribution in [0.5, 0.6) is 0 Å². The first-order valence-corrected chi connectivity index (χ1v) is 25.2. The van der Waals surface area contributed by atoms with Gasteiger partial charge in [-0.2, -0.15) is 30.6 Å². The number of aromatic nitrogens is 6. The molecule has 2 unspecified atom stereocenters. The van der Waals surface area contributed by atoms with Crippen LogP contribution in [0.2, 0.25) is 0 Å². The molecule has 1 aromatic carbocycles. The number of nitrogens with zero attached hydrogens (tertiary/aromatic N) is 8. The molecule has 4 bridgehead atoms. The first-order chi connectivity index (χ1) is 33.3. The van der Waals surface area contributed by atoms with Crippen molar-refractivity contribution in [3.8, 4) is 22.5 Å². The lowest BCUT2D eigenvalue weighted by Crippen LogP contribution is -2.44. The highest BCUT2D eigenvalue weighted by molar-refractivity contribution is 9.10. The van der Waals surface area contributed by atoms with E-state index >= 15 is 0 Å². The fourth-order valence-electron chi connectivity index (χ4n) is 9.26. The Kier molecular flexibility index (Phi) is 14.6. The molecular weight excluding hydrogens is 1100 g/mol. The number of amides is 1. The molecular formula is C47H43Br2F7N8O6S. The molecule has 0 N–H and O–H groups in total. The van der Waals surface area contributed by atoms with Crippen LogP contribution < -0.4 is 0 Å². The first kappa shape index (κ1) is 52.0. The van der Waals surface area contributed by atoms with Crippen molar-refractivity contribution in [2.75, 3.05) is 0 Å². The molecule has 0 spiro atoms. The summed E-state index contributed by atoms with van der Waals surface area (Å²) < 4.78 is 124. The Balaban J connectivity index is 0.000000191. The van der Waals surface area contributed by atoms with Crippen LogP contribution >= 0.6 is 31.9 Å². The number of alkyl halides is 6. The van der Waals surface area contributed by atoms with E-state index in [2.05, 4.69) is 61.8 Å². The second-order valence-corrected chi connectivity index (χ2v) is 22.2. The summed E-state index contributed by atoms with van der Waals surface area (Å²) in [5.74, 6) is -3.18. The third-order valence-electron chi connectivity index (χ3n) is 12.7. The minimum atomic E-state index is -4.66. The van der Waals surface area contributed by atoms with E-state index in [0.29, 0.717) is 50.7 Å². The predicted molar refractivity (Wildman–Crippen MR) is 247 cm³/mol. The number of ether oxygens (including phenoxy) is 1. The number of halogens is 9. The first-order valence-electron chi connectivity index (χ1n) is 22.2. The maximum Gasteiger partial charge on any atom is 0.451 e. The van der Waals surface area contributed by atoms with Gasteiger partial charge in [0.2, 0.25) is 21.7 Å². The van der Waals surface area contributed by atoms with Crippen molar-refractivity contribution in [1.82, 2.24) is 39.1 Å². The fourth-order valence-corrected chi connectivity index (χ4v) is 12.0. The van der Waals surface area contributed by atoms with Gasteiger partial charge in [-0.25, -0.2) is 37.5 Å². The van der Waals surface area contributed by atoms with Gasteiger partial charge in [0.15, 0.2) is 11.6 Å². The van der Waals surface area contributed by atoms with Crippen molar-refractivity contribution in [3.63, 3.8) is 0 Å². The zero-order chi connectivity index (χ0) is 51.4. The van der Waals surface area contributed by atoms with Gasteiger partial charge in [0.25, 0.3) is 0 Å². The van der Waals surface area contributed by atoms with Crippen molar-refractivity contribution >= 4 is 59.5 Å². The molecule has 2 atom stereocenters. The molecule has 4 saturated heterocycles. The molecule has 376 valence electrons. The van der Waals surface area contributed by atoms with Crippen molar-refractivity contribution in [2.45, 2.75) is 119 Å². The average molecular weight is 1140 g/mol. The number of hydrogen-bond acceptors (Lipinski definition) is 12. The Bertz CT molecular complexity index is 2930. The Morgan fingerprint density at radius 3 is 1.51 bits per heavy atom. The van der Waals surface area contributed by atoms with Gasteiger partial charge in [-0.1, -0.05) is 0 Å². The van der Waals surface area contributed by atoms with Crippen molar-refractivity contribution in [1.29, 1.82) is 0 Å². The molecule has 11 rings (SSSR count). The van der Waals surface area contributed by atoms with Crippen LogP contribution in [0.15, 0.2) is 87.4 Å². The molecule has 2 saturated carbocycles. The fraction of sp³-hybridized carbons (Fsp3) is 0.426. The number of ketones is 2. The van der Waals surface area contributed by atoms with Gasteiger partial charge >= 0.3 is 18.4 Å². The predicted octanol–water partition coefficient (Wildman–Crippen LogP) is 10.0. The largest absolute Gasteiger partial charge is 0.451 e. The molecule has 5 aromatic rings. The molecule has 6 aliphatic rings. The second kappa shape index (κ2) is 19.9. The Morgan fingerprint density at radius 2 is 1.07 bits per heavy atom. The van der Waals surface area contributed by atoms with Crippen LogP contribution in [0, 0.1) is 17.7 Å². The summed E-state index contributed by atoms with van der Waals surface area (Å²) in [4.78, 5) is 62.5. The number of sulfonamides is 1. The van der Waals surface area contributed by atoms with Gasteiger partial charge in [0, 0.05) is 82.2 Å². The van der Waals surface area contributed by atoms with Crippen molar-refractivity contribution in [3.05, 3.63) is 111 Å². The van der Waals surface area contributed by atoms with Crippen LogP contribution in [-0.2, 0) is 49.5 Å². The molecule has 2 aliphatic carbocycles. The highest BCUT2D eigenvalue weighted by Crippen LogP contribution is 2.50. The topological polar surface area (TPSA) is 178 Å². The lowest BCUT2D eigenvalue weighted by atomic mass is 9.81. The molecule has 6 fully saturated rings. The summed E-state index contributed by atoms with van der Waals surface area (Å²) in [6, 6.07) is 6.39. The number of carbonyl (C=O) groups is 3. The molecule has 14 nitrogen and oxygen atoms in total. The minimum absolute atomic E-state index is 0.0287. The molecule has 8 heterocycles. The summed E-state index contributed by atoms with van der Waals surface area (Å²) in [6.45, 7) is 5.38. The van der Waals surface area contributed by atoms with Crippen LogP contribution in [-0.4, -0.2) is 95.0 Å². The van der Waals surface area contributed by atoms with E-state index in [1.807, 2.05) is 0 Å². The number of benzene rings is 1. The summed E-state index contributed by atoms with van der Waals surface area (Å²) in [5.41, 5.74) is 2.16. The Morgan fingerprint density at radius 1 is 0.648 bits per heavy atom. The van der Waals surface area contributed by atoms with Crippen LogP contribution in [0.25, 0.3) is 22.5 Å². The number of Topliss-reactive ketones (excluding diaryl/α,β-unsaturated/α-hetero) is 2. The summed E-state index contributed by atoms with van der Waals surface area (Å²) in [7, 11) is -3.97. The van der Waals surface area contributed by atoms with E-state index in [1.54, 1.807) is 37.8 Å². The van der Waals surface area contributed by atoms with E-state index in [-0.39, 0.29) is 65.2 Å². The van der Waals surface area contributed by atoms with Gasteiger partial charge in [0.05, 0.1) is 28.4 Å². The monoisotopic (exact) mass is 1140 g/mol. The van der Waals surface area contributed by atoms with Crippen molar-refractivity contribution in [2.24, 2.45) is 11.8 Å². The van der Waals surface area contributed by atoms with Gasteiger partial charge < -0.3 is 4.74 Å². The van der Waals surface area contributed by atoms with Crippen LogP contribution in [0.1, 0.15) is 82.1 Å². The van der Waals surface area contributed by atoms with Crippen LogP contribution in [0.4, 0.5) is 35.5 Å². The standard InChI is InChI=1S/C24H19BrF4N4O3S.C23H24BrF3N4O3/c25-19-12-30-20(15-10-31-23(32-11-15)24(27,28)29)9-13(19)1-6-21(34)22-14-7-17(8-14)33(22)37(35,36)18-4-2-16(26)3-5-18;1-22(2,3)34-21(33)31-15-6-13(7-15)19(31)18(32)5-4-12-8-17(28-11-16(12)24)14-9-29-20(30-10-14)23(25,26)27/h2-5,9-12,14,17,22H,1,6-8H2;8-11,13,15,19H,4-7H2,1-3H3. The number of fused-ring (bicyclic) bond motifs is 2. The zero-order valence-electron chi connectivity index (χ0n) is 37.9. The Labute approximate surface area is 419 Å². The number of hydrogen-bond donors (Lipinski definition) is 0. The maximum atomic E-state index is 13.3. The summed E-state index contributed by atoms with van der Waals surface area (Å²) >= 11 is 6.81. The number of aryl methyl sites for hydroxylation is 2. The van der Waals surface area contributed by atoms with Crippen LogP contribution in [0.3, 0.4) is 0 Å². The van der Waals surface area contributed by atoms with Gasteiger partial charge in [-0.05, 0) is 151 Å². The van der Waals surface area contributed by atoms with E-state index < -0.39 is 63.6 Å². The third kappa shape index (κ3) is 11.3. The van der Waals surface area contributed by atoms with E-state index in [4.69, 9.17) is 4.74 Å². The number of rotatable bonds is 12. The summed E-state index contributed by atoms with van der Waals surface area (Å²) in [5, 5.41) is 0. The lowest BCUT2D eigenvalue weighted by molar-refractivity contribution is -0.145. The normalized spacial score (nSPS) is 21.7. The number of carbonyl (C=O) groups excluding carboxylic acids is 3. The number of pyridine rings is 2. The summed E-state index contributed by atoms with van der Waals surface area (Å²) in [6.07, 6.45) is 1.23. The average Bonchev–Trinajstić information content (AvgIpc) is 4.06. The highest BCUT2D eigenvalue weighted by atomic mass is 79.9. The molecule has 1 amide bonds. The smallest absolute Gasteiger partial charge is 0.444 e. The lowest BCUT2D eigenvalue weighted by Gasteiger charge is -2.29. The van der Waals surface area contributed by atoms with Gasteiger partial charge in [0.1, 0.15) is 11.4 Å². The van der Waals surface area contributed by atoms with E-state index in [0.717, 1.165) is 55.3 Å². The highest BCUT2D eigenvalue weighted by Gasteiger charge is 2.58.